The van der Waals surface area contributed by atoms with Gasteiger partial charge in [-0.3, -0.25) is 0 Å². The van der Waals surface area contributed by atoms with Gasteiger partial charge in [-0.25, -0.2) is 0 Å². The van der Waals surface area contributed by atoms with Crippen molar-refractivity contribution in [2.45, 2.75) is 107 Å². The molecule has 2 heterocycles. The van der Waals surface area contributed by atoms with Gasteiger partial charge in [-0.2, -0.15) is 0 Å². The van der Waals surface area contributed by atoms with Crippen LogP contribution in [0.4, 0.5) is 0 Å². The molecule has 0 unspecified atom stereocenters. The maximum atomic E-state index is 10.2. The molecular weight excluding hydrogens is 416 g/mol. The van der Waals surface area contributed by atoms with Crippen LogP contribution in [-0.4, -0.2) is 117 Å². The molecule has 11 nitrogen and oxygen atoms in total. The van der Waals surface area contributed by atoms with Gasteiger partial charge >= 0.3 is 0 Å². The Hall–Kier alpha value is -0.440. The van der Waals surface area contributed by atoms with Gasteiger partial charge < -0.3 is 54.7 Å². The highest BCUT2D eigenvalue weighted by Crippen LogP contribution is 2.26. The lowest BCUT2D eigenvalue weighted by molar-refractivity contribution is -0.331. The minimum absolute atomic E-state index is 0.316. The lowest BCUT2D eigenvalue weighted by Gasteiger charge is -2.42. The first-order chi connectivity index (χ1) is 14.8. The molecule has 11 heteroatoms. The molecule has 2 rings (SSSR count). The van der Waals surface area contributed by atoms with E-state index in [9.17, 15) is 35.7 Å². The third-order valence-corrected chi connectivity index (χ3v) is 5.72. The highest BCUT2D eigenvalue weighted by atomic mass is 16.7. The van der Waals surface area contributed by atoms with E-state index >= 15 is 0 Å². The maximum Gasteiger partial charge on any atom is 0.186 e. The van der Waals surface area contributed by atoms with Gasteiger partial charge in [0.15, 0.2) is 12.6 Å². The first-order valence-electron chi connectivity index (χ1n) is 11.0. The Morgan fingerprint density at radius 2 is 1.13 bits per heavy atom. The summed E-state index contributed by atoms with van der Waals surface area (Å²) in [6.45, 7) is 1.48. The molecule has 7 N–H and O–H groups in total. The van der Waals surface area contributed by atoms with Crippen molar-refractivity contribution in [1.29, 1.82) is 0 Å². The van der Waals surface area contributed by atoms with Crippen LogP contribution in [0.1, 0.15) is 45.4 Å². The number of hydrogen-bond acceptors (Lipinski definition) is 11. The molecule has 0 aromatic rings. The molecule has 0 amide bonds. The average Bonchev–Trinajstić information content (AvgIpc) is 2.77. The van der Waals surface area contributed by atoms with Crippen molar-refractivity contribution >= 4 is 0 Å². The number of unbranched alkanes of at least 4 members (excludes halogenated alkanes) is 5. The summed E-state index contributed by atoms with van der Waals surface area (Å²) in [5, 5.41) is 69.3. The van der Waals surface area contributed by atoms with Crippen LogP contribution in [0.2, 0.25) is 0 Å². The van der Waals surface area contributed by atoms with Crippen molar-refractivity contribution in [3.8, 4) is 0 Å². The van der Waals surface area contributed by atoms with Crippen molar-refractivity contribution in [3.05, 3.63) is 0 Å². The molecule has 2 aliphatic heterocycles. The van der Waals surface area contributed by atoms with E-state index in [0.717, 1.165) is 32.1 Å². The summed E-state index contributed by atoms with van der Waals surface area (Å²) in [6.07, 6.45) is -7.70. The monoisotopic (exact) mass is 454 g/mol. The van der Waals surface area contributed by atoms with Crippen LogP contribution in [0, 0.1) is 0 Å². The third kappa shape index (κ3) is 7.27. The molecule has 31 heavy (non-hydrogen) atoms. The van der Waals surface area contributed by atoms with Gasteiger partial charge in [0.25, 0.3) is 0 Å². The van der Waals surface area contributed by atoms with E-state index in [1.54, 1.807) is 0 Å². The van der Waals surface area contributed by atoms with Crippen LogP contribution in [0.25, 0.3) is 0 Å². The van der Waals surface area contributed by atoms with Crippen molar-refractivity contribution in [3.63, 3.8) is 0 Å². The highest BCUT2D eigenvalue weighted by Gasteiger charge is 2.47. The molecule has 184 valence electrons. The summed E-state index contributed by atoms with van der Waals surface area (Å²) in [5.41, 5.74) is 0. The van der Waals surface area contributed by atoms with Crippen LogP contribution in [0.3, 0.4) is 0 Å². The fourth-order valence-corrected chi connectivity index (χ4v) is 3.67. The first kappa shape index (κ1) is 26.8. The smallest absolute Gasteiger partial charge is 0.186 e. The molecule has 0 spiro atoms. The molecule has 10 atom stereocenters. The molecule has 2 saturated heterocycles. The van der Waals surface area contributed by atoms with Gasteiger partial charge in [0, 0.05) is 6.61 Å². The van der Waals surface area contributed by atoms with Crippen molar-refractivity contribution in [2.24, 2.45) is 0 Å². The topological polar surface area (TPSA) is 179 Å². The summed E-state index contributed by atoms with van der Waals surface area (Å²) in [7, 11) is 0. The van der Waals surface area contributed by atoms with Gasteiger partial charge in [-0.05, 0) is 6.42 Å². The van der Waals surface area contributed by atoms with E-state index in [0.29, 0.717) is 6.61 Å². The molecule has 0 saturated carbocycles. The normalized spacial score (nSPS) is 41.4. The Kier molecular flexibility index (Phi) is 11.5. The minimum atomic E-state index is -1.60. The molecule has 0 radical (unpaired) electrons. The van der Waals surface area contributed by atoms with E-state index in [-0.39, 0.29) is 6.61 Å². The predicted octanol–water partition coefficient (Wildman–Crippen LogP) is -2.01. The largest absolute Gasteiger partial charge is 0.394 e. The SMILES string of the molecule is CCCCCCCCO[C@H]1O[C@H](CO[C@H]2O[C@H](CO)[C@@H](O)[C@H](O)[C@@H]2O)[C@@H](O)[C@H](O)[C@@H]1O. The summed E-state index contributed by atoms with van der Waals surface area (Å²) in [6, 6.07) is 0. The molecule has 2 aliphatic rings. The average molecular weight is 455 g/mol. The zero-order valence-corrected chi connectivity index (χ0v) is 17.9. The number of aliphatic hydroxyl groups excluding tert-OH is 7. The second-order valence-electron chi connectivity index (χ2n) is 8.18. The molecule has 0 aliphatic carbocycles. The number of ether oxygens (including phenoxy) is 4. The zero-order valence-electron chi connectivity index (χ0n) is 17.9. The zero-order chi connectivity index (χ0) is 23.0. The maximum absolute atomic E-state index is 10.2. The summed E-state index contributed by atoms with van der Waals surface area (Å²) >= 11 is 0. The van der Waals surface area contributed by atoms with E-state index < -0.39 is 68.0 Å². The Bertz CT molecular complexity index is 494. The summed E-state index contributed by atoms with van der Waals surface area (Å²) in [4.78, 5) is 0. The second-order valence-corrected chi connectivity index (χ2v) is 8.18. The van der Waals surface area contributed by atoms with E-state index in [4.69, 9.17) is 18.9 Å². The lowest BCUT2D eigenvalue weighted by atomic mass is 9.98. The Morgan fingerprint density at radius 1 is 0.613 bits per heavy atom. The summed E-state index contributed by atoms with van der Waals surface area (Å²) in [5.74, 6) is 0. The highest BCUT2D eigenvalue weighted by molar-refractivity contribution is 4.91. The van der Waals surface area contributed by atoms with Crippen molar-refractivity contribution in [1.82, 2.24) is 0 Å². The molecule has 2 fully saturated rings. The Balaban J connectivity index is 1.83. The number of rotatable bonds is 12. The van der Waals surface area contributed by atoms with Crippen LogP contribution in [0.5, 0.6) is 0 Å². The van der Waals surface area contributed by atoms with Crippen LogP contribution >= 0.6 is 0 Å². The number of hydrogen-bond donors (Lipinski definition) is 7. The minimum Gasteiger partial charge on any atom is -0.394 e. The van der Waals surface area contributed by atoms with Crippen LogP contribution < -0.4 is 0 Å². The van der Waals surface area contributed by atoms with E-state index in [2.05, 4.69) is 6.92 Å². The van der Waals surface area contributed by atoms with Crippen LogP contribution in [0.15, 0.2) is 0 Å². The van der Waals surface area contributed by atoms with E-state index in [1.807, 2.05) is 0 Å². The fourth-order valence-electron chi connectivity index (χ4n) is 3.67. The quantitative estimate of drug-likeness (QED) is 0.162. The molecule has 0 aromatic heterocycles. The molecular formula is C20H38O11. The van der Waals surface area contributed by atoms with Gasteiger partial charge in [0.05, 0.1) is 13.2 Å². The lowest BCUT2D eigenvalue weighted by Crippen LogP contribution is -2.61. The van der Waals surface area contributed by atoms with Gasteiger partial charge in [-0.1, -0.05) is 39.0 Å². The molecule has 0 bridgehead atoms. The van der Waals surface area contributed by atoms with Crippen molar-refractivity contribution in [2.75, 3.05) is 19.8 Å². The van der Waals surface area contributed by atoms with E-state index in [1.165, 1.54) is 6.42 Å². The van der Waals surface area contributed by atoms with Crippen LogP contribution in [-0.2, 0) is 18.9 Å². The third-order valence-electron chi connectivity index (χ3n) is 5.72. The first-order valence-corrected chi connectivity index (χ1v) is 11.0. The number of aliphatic hydroxyl groups is 7. The standard InChI is InChI=1S/C20H38O11/c1-2-3-4-5-6-7-8-28-19-17(26)16(25)14(23)12(31-19)10-29-20-18(27)15(24)13(22)11(9-21)30-20/h11-27H,2-10H2,1H3/t11-,12-,13-,14-,15+,16+,17+,18+,19+,20+/m1/s1. The van der Waals surface area contributed by atoms with Crippen molar-refractivity contribution < 1.29 is 54.7 Å². The second kappa shape index (κ2) is 13.3. The Labute approximate surface area is 182 Å². The van der Waals surface area contributed by atoms with Gasteiger partial charge in [0.2, 0.25) is 0 Å². The van der Waals surface area contributed by atoms with Gasteiger partial charge in [0.1, 0.15) is 48.8 Å². The fraction of sp³-hybridized carbons (Fsp3) is 1.00. The predicted molar refractivity (Wildman–Crippen MR) is 106 cm³/mol. The van der Waals surface area contributed by atoms with Gasteiger partial charge in [-0.15, -0.1) is 0 Å². The summed E-state index contributed by atoms with van der Waals surface area (Å²) < 4.78 is 21.7. The molecule has 0 aromatic carbocycles. The Morgan fingerprint density at radius 3 is 1.74 bits per heavy atom.